The third-order valence-electron chi connectivity index (χ3n) is 3.41. The molecule has 0 aromatic carbocycles. The molecule has 0 atom stereocenters. The summed E-state index contributed by atoms with van der Waals surface area (Å²) < 4.78 is 1.79. The second-order valence-electron chi connectivity index (χ2n) is 5.44. The number of hydrogen-bond donors (Lipinski definition) is 1. The van der Waals surface area contributed by atoms with Gasteiger partial charge in [-0.3, -0.25) is 0 Å². The predicted octanol–water partition coefficient (Wildman–Crippen LogP) is 3.26. The van der Waals surface area contributed by atoms with Crippen LogP contribution in [-0.4, -0.2) is 14.6 Å². The fraction of sp³-hybridized carbons (Fsp3) is 0.600. The molecule has 0 aliphatic heterocycles. The molecule has 19 heavy (non-hydrogen) atoms. The van der Waals surface area contributed by atoms with Crippen LogP contribution in [0, 0.1) is 0 Å². The van der Waals surface area contributed by atoms with Gasteiger partial charge in [-0.2, -0.15) is 5.10 Å². The van der Waals surface area contributed by atoms with E-state index in [-0.39, 0.29) is 0 Å². The van der Waals surface area contributed by atoms with Crippen LogP contribution in [0.15, 0.2) is 18.3 Å². The SMILES string of the molecule is C1CCCC1.CC(C)c1nc2ccc(CN)cn2n1. The molecule has 1 fully saturated rings. The monoisotopic (exact) mass is 260 g/mol. The van der Waals surface area contributed by atoms with Crippen molar-refractivity contribution < 1.29 is 0 Å². The molecule has 0 amide bonds. The highest BCUT2D eigenvalue weighted by atomic mass is 15.3. The van der Waals surface area contributed by atoms with Gasteiger partial charge in [0, 0.05) is 18.7 Å². The van der Waals surface area contributed by atoms with E-state index in [4.69, 9.17) is 5.73 Å². The highest BCUT2D eigenvalue weighted by Crippen LogP contribution is 2.15. The molecular weight excluding hydrogens is 236 g/mol. The first-order valence-corrected chi connectivity index (χ1v) is 7.26. The molecule has 2 aromatic rings. The van der Waals surface area contributed by atoms with E-state index in [2.05, 4.69) is 23.9 Å². The number of pyridine rings is 1. The molecule has 2 aromatic heterocycles. The first kappa shape index (κ1) is 14.0. The fourth-order valence-corrected chi connectivity index (χ4v) is 2.19. The predicted molar refractivity (Wildman–Crippen MR) is 78.1 cm³/mol. The average molecular weight is 260 g/mol. The van der Waals surface area contributed by atoms with E-state index in [1.807, 2.05) is 18.3 Å². The first-order valence-electron chi connectivity index (χ1n) is 7.26. The molecule has 1 aliphatic rings. The van der Waals surface area contributed by atoms with Crippen LogP contribution in [-0.2, 0) is 6.54 Å². The molecular formula is C15H24N4. The zero-order valence-corrected chi connectivity index (χ0v) is 12.0. The normalized spacial score (nSPS) is 14.7. The molecule has 4 heteroatoms. The number of fused-ring (bicyclic) bond motifs is 1. The zero-order valence-electron chi connectivity index (χ0n) is 12.0. The van der Waals surface area contributed by atoms with Crippen LogP contribution in [0.2, 0.25) is 0 Å². The van der Waals surface area contributed by atoms with Crippen LogP contribution in [0.1, 0.15) is 63.3 Å². The summed E-state index contributed by atoms with van der Waals surface area (Å²) in [4.78, 5) is 4.40. The lowest BCUT2D eigenvalue weighted by Gasteiger charge is -1.95. The minimum atomic E-state index is 0.358. The van der Waals surface area contributed by atoms with E-state index in [1.165, 1.54) is 32.1 Å². The van der Waals surface area contributed by atoms with E-state index >= 15 is 0 Å². The van der Waals surface area contributed by atoms with Gasteiger partial charge in [0.15, 0.2) is 11.5 Å². The topological polar surface area (TPSA) is 56.2 Å². The van der Waals surface area contributed by atoms with Gasteiger partial charge in [0.1, 0.15) is 0 Å². The van der Waals surface area contributed by atoms with E-state index < -0.39 is 0 Å². The Hall–Kier alpha value is -1.42. The molecule has 0 saturated heterocycles. The molecule has 0 unspecified atom stereocenters. The Kier molecular flexibility index (Phi) is 4.91. The van der Waals surface area contributed by atoms with Crippen molar-refractivity contribution in [2.24, 2.45) is 5.73 Å². The van der Waals surface area contributed by atoms with Crippen molar-refractivity contribution in [2.45, 2.75) is 58.4 Å². The van der Waals surface area contributed by atoms with Gasteiger partial charge in [0.05, 0.1) is 0 Å². The number of nitrogens with two attached hydrogens (primary N) is 1. The Morgan fingerprint density at radius 1 is 1.16 bits per heavy atom. The van der Waals surface area contributed by atoms with Crippen molar-refractivity contribution >= 4 is 5.65 Å². The van der Waals surface area contributed by atoms with Crippen molar-refractivity contribution in [3.63, 3.8) is 0 Å². The van der Waals surface area contributed by atoms with Crippen LogP contribution in [0.5, 0.6) is 0 Å². The largest absolute Gasteiger partial charge is 0.326 e. The fourth-order valence-electron chi connectivity index (χ4n) is 2.19. The first-order chi connectivity index (χ1) is 9.20. The Morgan fingerprint density at radius 2 is 1.79 bits per heavy atom. The summed E-state index contributed by atoms with van der Waals surface area (Å²) in [7, 11) is 0. The molecule has 4 nitrogen and oxygen atoms in total. The number of aromatic nitrogens is 3. The molecule has 1 aliphatic carbocycles. The Balaban J connectivity index is 0.000000224. The number of nitrogens with zero attached hydrogens (tertiary/aromatic N) is 3. The van der Waals surface area contributed by atoms with Gasteiger partial charge >= 0.3 is 0 Å². The van der Waals surface area contributed by atoms with E-state index in [0.717, 1.165) is 17.0 Å². The highest BCUT2D eigenvalue weighted by molar-refractivity contribution is 5.38. The van der Waals surface area contributed by atoms with Gasteiger partial charge < -0.3 is 5.73 Å². The maximum Gasteiger partial charge on any atom is 0.155 e. The molecule has 0 spiro atoms. The smallest absolute Gasteiger partial charge is 0.155 e. The van der Waals surface area contributed by atoms with Crippen molar-refractivity contribution in [3.8, 4) is 0 Å². The second kappa shape index (κ2) is 6.66. The van der Waals surface area contributed by atoms with Crippen LogP contribution in [0.25, 0.3) is 5.65 Å². The molecule has 1 saturated carbocycles. The third kappa shape index (κ3) is 3.77. The van der Waals surface area contributed by atoms with Crippen LogP contribution in [0.4, 0.5) is 0 Å². The highest BCUT2D eigenvalue weighted by Gasteiger charge is 2.06. The van der Waals surface area contributed by atoms with Gasteiger partial charge in [0.25, 0.3) is 0 Å². The summed E-state index contributed by atoms with van der Waals surface area (Å²) in [6.07, 6.45) is 9.42. The van der Waals surface area contributed by atoms with E-state index in [0.29, 0.717) is 12.5 Å². The second-order valence-corrected chi connectivity index (χ2v) is 5.44. The van der Waals surface area contributed by atoms with E-state index in [1.54, 1.807) is 4.52 Å². The summed E-state index contributed by atoms with van der Waals surface area (Å²) in [6, 6.07) is 3.93. The van der Waals surface area contributed by atoms with Gasteiger partial charge in [0.2, 0.25) is 0 Å². The molecule has 0 bridgehead atoms. The van der Waals surface area contributed by atoms with Crippen LogP contribution >= 0.6 is 0 Å². The third-order valence-corrected chi connectivity index (χ3v) is 3.41. The van der Waals surface area contributed by atoms with Crippen molar-refractivity contribution in [2.75, 3.05) is 0 Å². The molecule has 104 valence electrons. The van der Waals surface area contributed by atoms with E-state index in [9.17, 15) is 0 Å². The number of hydrogen-bond acceptors (Lipinski definition) is 3. The molecule has 2 N–H and O–H groups in total. The van der Waals surface area contributed by atoms with Gasteiger partial charge in [-0.15, -0.1) is 0 Å². The van der Waals surface area contributed by atoms with Crippen LogP contribution < -0.4 is 5.73 Å². The lowest BCUT2D eigenvalue weighted by Crippen LogP contribution is -1.99. The summed E-state index contributed by atoms with van der Waals surface area (Å²) in [5.74, 6) is 1.23. The molecule has 3 rings (SSSR count). The maximum atomic E-state index is 5.55. The minimum Gasteiger partial charge on any atom is -0.326 e. The quantitative estimate of drug-likeness (QED) is 0.901. The van der Waals surface area contributed by atoms with Crippen molar-refractivity contribution in [3.05, 3.63) is 29.7 Å². The Labute approximate surface area is 115 Å². The van der Waals surface area contributed by atoms with Gasteiger partial charge in [-0.1, -0.05) is 52.0 Å². The standard InChI is InChI=1S/C10H14N4.C5H10/c1-7(2)10-12-9-4-3-8(5-11)6-14(9)13-10;1-2-4-5-3-1/h3-4,6-7H,5,11H2,1-2H3;1-5H2. The number of rotatable bonds is 2. The van der Waals surface area contributed by atoms with Gasteiger partial charge in [-0.05, 0) is 11.6 Å². The summed E-state index contributed by atoms with van der Waals surface area (Å²) in [6.45, 7) is 4.70. The summed E-state index contributed by atoms with van der Waals surface area (Å²) in [5.41, 5.74) is 7.49. The lowest BCUT2D eigenvalue weighted by molar-refractivity contribution is 0.763. The molecule has 0 radical (unpaired) electrons. The van der Waals surface area contributed by atoms with Crippen molar-refractivity contribution in [1.82, 2.24) is 14.6 Å². The Bertz CT molecular complexity index is 504. The maximum absolute atomic E-state index is 5.55. The average Bonchev–Trinajstić information content (AvgIpc) is 3.10. The summed E-state index contributed by atoms with van der Waals surface area (Å²) >= 11 is 0. The van der Waals surface area contributed by atoms with Crippen LogP contribution in [0.3, 0.4) is 0 Å². The minimum absolute atomic E-state index is 0.358. The Morgan fingerprint density at radius 3 is 2.32 bits per heavy atom. The summed E-state index contributed by atoms with van der Waals surface area (Å²) in [5, 5.41) is 4.37. The van der Waals surface area contributed by atoms with Gasteiger partial charge in [-0.25, -0.2) is 9.50 Å². The zero-order chi connectivity index (χ0) is 13.7. The van der Waals surface area contributed by atoms with Crippen molar-refractivity contribution in [1.29, 1.82) is 0 Å². The lowest BCUT2D eigenvalue weighted by atomic mass is 10.2. The molecule has 2 heterocycles.